The van der Waals surface area contributed by atoms with Crippen LogP contribution in [0.1, 0.15) is 25.0 Å². The number of hydrogen-bond donors (Lipinski definition) is 1. The average molecular weight is 220 g/mol. The van der Waals surface area contributed by atoms with Gasteiger partial charge in [0.15, 0.2) is 0 Å². The van der Waals surface area contributed by atoms with Crippen molar-refractivity contribution >= 4 is 11.7 Å². The summed E-state index contributed by atoms with van der Waals surface area (Å²) in [7, 11) is 0. The zero-order chi connectivity index (χ0) is 11.9. The van der Waals surface area contributed by atoms with E-state index in [1.54, 1.807) is 26.8 Å². The van der Waals surface area contributed by atoms with Crippen LogP contribution < -0.4 is 5.32 Å². The summed E-state index contributed by atoms with van der Waals surface area (Å²) in [5.41, 5.74) is 0.642. The Bertz CT molecular complexity index is 472. The number of halogens is 1. The Balaban J connectivity index is 2.44. The fourth-order valence-electron chi connectivity index (χ4n) is 1.63. The molecule has 1 aliphatic heterocycles. The third kappa shape index (κ3) is 1.83. The quantitative estimate of drug-likeness (QED) is 0.770. The van der Waals surface area contributed by atoms with Gasteiger partial charge in [0.05, 0.1) is 0 Å². The Morgan fingerprint density at radius 3 is 2.50 bits per heavy atom. The number of amidine groups is 1. The van der Waals surface area contributed by atoms with Gasteiger partial charge in [-0.2, -0.15) is 0 Å². The van der Waals surface area contributed by atoms with Crippen LogP contribution in [0.15, 0.2) is 23.2 Å². The summed E-state index contributed by atoms with van der Waals surface area (Å²) in [6.45, 7) is 5.25. The lowest BCUT2D eigenvalue weighted by Gasteiger charge is -2.07. The molecule has 1 heterocycles. The summed E-state index contributed by atoms with van der Waals surface area (Å²) in [6.07, 6.45) is 0. The van der Waals surface area contributed by atoms with Crippen molar-refractivity contribution in [3.05, 3.63) is 35.1 Å². The second kappa shape index (κ2) is 3.40. The predicted octanol–water partition coefficient (Wildman–Crippen LogP) is 1.79. The van der Waals surface area contributed by atoms with Gasteiger partial charge in [0.2, 0.25) is 0 Å². The molecular weight excluding hydrogens is 207 g/mol. The molecule has 4 heteroatoms. The van der Waals surface area contributed by atoms with E-state index in [9.17, 15) is 9.18 Å². The minimum atomic E-state index is -0.768. The van der Waals surface area contributed by atoms with Crippen LogP contribution in [-0.4, -0.2) is 17.3 Å². The van der Waals surface area contributed by atoms with Gasteiger partial charge in [0.25, 0.3) is 5.91 Å². The van der Waals surface area contributed by atoms with Crippen LogP contribution >= 0.6 is 0 Å². The van der Waals surface area contributed by atoms with Crippen molar-refractivity contribution in [2.24, 2.45) is 4.99 Å². The number of nitrogens with zero attached hydrogens (tertiary/aromatic N) is 1. The van der Waals surface area contributed by atoms with Crippen molar-refractivity contribution in [2.45, 2.75) is 26.3 Å². The van der Waals surface area contributed by atoms with Crippen molar-refractivity contribution in [1.82, 2.24) is 5.32 Å². The molecule has 0 spiro atoms. The van der Waals surface area contributed by atoms with E-state index in [1.165, 1.54) is 12.1 Å². The third-order valence-corrected chi connectivity index (χ3v) is 2.49. The summed E-state index contributed by atoms with van der Waals surface area (Å²) in [5, 5.41) is 2.66. The summed E-state index contributed by atoms with van der Waals surface area (Å²) in [6, 6.07) is 4.60. The van der Waals surface area contributed by atoms with Crippen molar-refractivity contribution in [2.75, 3.05) is 0 Å². The Hall–Kier alpha value is -1.71. The molecule has 0 atom stereocenters. The molecule has 16 heavy (non-hydrogen) atoms. The number of hydrogen-bond acceptors (Lipinski definition) is 2. The van der Waals surface area contributed by atoms with Gasteiger partial charge < -0.3 is 5.32 Å². The second-order valence-corrected chi connectivity index (χ2v) is 4.49. The molecule has 1 N–H and O–H groups in total. The smallest absolute Gasteiger partial charge is 0.252 e. The van der Waals surface area contributed by atoms with E-state index >= 15 is 0 Å². The number of carbonyl (C=O) groups is 1. The molecule has 0 bridgehead atoms. The first-order chi connectivity index (χ1) is 7.38. The van der Waals surface area contributed by atoms with Crippen molar-refractivity contribution in [3.8, 4) is 0 Å². The monoisotopic (exact) mass is 220 g/mol. The number of amides is 1. The molecule has 0 radical (unpaired) electrons. The first kappa shape index (κ1) is 10.8. The van der Waals surface area contributed by atoms with Gasteiger partial charge in [-0.05, 0) is 44.5 Å². The topological polar surface area (TPSA) is 41.5 Å². The Kier molecular flexibility index (Phi) is 2.30. The molecule has 1 aromatic carbocycles. The number of nitrogens with one attached hydrogen (secondary N) is 1. The van der Waals surface area contributed by atoms with E-state index in [1.807, 2.05) is 0 Å². The molecule has 3 nitrogen and oxygen atoms in total. The Morgan fingerprint density at radius 2 is 2.00 bits per heavy atom. The summed E-state index contributed by atoms with van der Waals surface area (Å²) in [4.78, 5) is 15.8. The van der Waals surface area contributed by atoms with Crippen LogP contribution in [-0.2, 0) is 4.79 Å². The van der Waals surface area contributed by atoms with E-state index < -0.39 is 5.54 Å². The van der Waals surface area contributed by atoms with E-state index in [2.05, 4.69) is 10.3 Å². The van der Waals surface area contributed by atoms with Gasteiger partial charge in [-0.15, -0.1) is 0 Å². The van der Waals surface area contributed by atoms with Crippen LogP contribution in [0.4, 0.5) is 4.39 Å². The minimum absolute atomic E-state index is 0.163. The summed E-state index contributed by atoms with van der Waals surface area (Å²) in [5.74, 6) is -0.0429. The van der Waals surface area contributed by atoms with E-state index in [-0.39, 0.29) is 11.7 Å². The normalized spacial score (nSPS) is 18.2. The number of aliphatic imine (C=N–C) groups is 1. The number of benzene rings is 1. The van der Waals surface area contributed by atoms with Gasteiger partial charge in [0.1, 0.15) is 17.2 Å². The molecule has 1 aromatic rings. The van der Waals surface area contributed by atoms with Gasteiger partial charge in [-0.1, -0.05) is 0 Å². The fourth-order valence-corrected chi connectivity index (χ4v) is 1.63. The lowest BCUT2D eigenvalue weighted by molar-refractivity contribution is -0.122. The average Bonchev–Trinajstić information content (AvgIpc) is 2.40. The van der Waals surface area contributed by atoms with Crippen LogP contribution in [0.25, 0.3) is 0 Å². The van der Waals surface area contributed by atoms with Gasteiger partial charge in [0, 0.05) is 5.56 Å². The number of aryl methyl sites for hydroxylation is 1. The van der Waals surface area contributed by atoms with Crippen molar-refractivity contribution < 1.29 is 9.18 Å². The fraction of sp³-hybridized carbons (Fsp3) is 0.333. The third-order valence-electron chi connectivity index (χ3n) is 2.49. The van der Waals surface area contributed by atoms with Crippen LogP contribution in [0.3, 0.4) is 0 Å². The summed E-state index contributed by atoms with van der Waals surface area (Å²) < 4.78 is 13.2. The van der Waals surface area contributed by atoms with Crippen LogP contribution in [0.2, 0.25) is 0 Å². The zero-order valence-corrected chi connectivity index (χ0v) is 9.47. The Labute approximate surface area is 93.4 Å². The highest BCUT2D eigenvalue weighted by molar-refractivity contribution is 6.15. The molecule has 0 saturated carbocycles. The Morgan fingerprint density at radius 1 is 1.31 bits per heavy atom. The highest BCUT2D eigenvalue weighted by Crippen LogP contribution is 2.18. The molecule has 1 amide bonds. The lowest BCUT2D eigenvalue weighted by atomic mass is 10.1. The molecule has 1 aliphatic rings. The standard InChI is InChI=1S/C12H13FN2O/c1-7-4-8(6-9(13)5-7)10-14-11(16)12(2,3)15-10/h4-6H,1-3H3,(H,14,15,16). The summed E-state index contributed by atoms with van der Waals surface area (Å²) >= 11 is 0. The first-order valence-corrected chi connectivity index (χ1v) is 5.07. The maximum atomic E-state index is 13.2. The first-order valence-electron chi connectivity index (χ1n) is 5.07. The maximum Gasteiger partial charge on any atom is 0.252 e. The van der Waals surface area contributed by atoms with E-state index in [0.29, 0.717) is 11.4 Å². The van der Waals surface area contributed by atoms with Gasteiger partial charge >= 0.3 is 0 Å². The minimum Gasteiger partial charge on any atom is -0.308 e. The molecule has 0 aromatic heterocycles. The zero-order valence-electron chi connectivity index (χ0n) is 9.47. The van der Waals surface area contributed by atoms with Crippen molar-refractivity contribution in [3.63, 3.8) is 0 Å². The molecule has 2 rings (SSSR count). The largest absolute Gasteiger partial charge is 0.308 e. The van der Waals surface area contributed by atoms with Gasteiger partial charge in [-0.3, -0.25) is 9.79 Å². The molecular formula is C12H13FN2O. The molecule has 84 valence electrons. The molecule has 0 unspecified atom stereocenters. The highest BCUT2D eigenvalue weighted by Gasteiger charge is 2.34. The molecule has 0 saturated heterocycles. The number of rotatable bonds is 1. The van der Waals surface area contributed by atoms with E-state index in [4.69, 9.17) is 0 Å². The molecule has 0 fully saturated rings. The van der Waals surface area contributed by atoms with Crippen LogP contribution in [0.5, 0.6) is 0 Å². The predicted molar refractivity (Wildman–Crippen MR) is 59.9 cm³/mol. The lowest BCUT2D eigenvalue weighted by Crippen LogP contribution is -2.34. The van der Waals surface area contributed by atoms with E-state index in [0.717, 1.165) is 5.56 Å². The highest BCUT2D eigenvalue weighted by atomic mass is 19.1. The number of carbonyl (C=O) groups excluding carboxylic acids is 1. The van der Waals surface area contributed by atoms with Crippen LogP contribution in [0, 0.1) is 12.7 Å². The molecule has 0 aliphatic carbocycles. The van der Waals surface area contributed by atoms with Gasteiger partial charge in [-0.25, -0.2) is 4.39 Å². The van der Waals surface area contributed by atoms with Crippen molar-refractivity contribution in [1.29, 1.82) is 0 Å². The second-order valence-electron chi connectivity index (χ2n) is 4.49. The SMILES string of the molecule is Cc1cc(F)cc(C2=NC(C)(C)C(=O)N2)c1. The maximum absolute atomic E-state index is 13.2.